The van der Waals surface area contributed by atoms with E-state index in [1.807, 2.05) is 0 Å². The highest BCUT2D eigenvalue weighted by atomic mass is 16.5. The zero-order chi connectivity index (χ0) is 10.4. The van der Waals surface area contributed by atoms with Crippen molar-refractivity contribution in [3.63, 3.8) is 0 Å². The lowest BCUT2D eigenvalue weighted by Crippen LogP contribution is -2.59. The molecule has 1 rings (SSSR count). The van der Waals surface area contributed by atoms with Crippen molar-refractivity contribution < 1.29 is 4.74 Å². The molecule has 1 aliphatic heterocycles. The molecule has 1 aliphatic rings. The number of hydrogen-bond acceptors (Lipinski definition) is 3. The summed E-state index contributed by atoms with van der Waals surface area (Å²) in [6.07, 6.45) is 1.20. The molecule has 1 heterocycles. The van der Waals surface area contributed by atoms with E-state index < -0.39 is 0 Å². The maximum absolute atomic E-state index is 5.41. The van der Waals surface area contributed by atoms with E-state index in [9.17, 15) is 0 Å². The standard InChI is InChI=1S/C11H24N2O/c1-4-11(3)10-12-6-7-13(11)8-9-14-5-2/h12H,4-10H2,1-3H3. The summed E-state index contributed by atoms with van der Waals surface area (Å²) < 4.78 is 5.41. The second kappa shape index (κ2) is 5.69. The van der Waals surface area contributed by atoms with Crippen molar-refractivity contribution in [1.29, 1.82) is 0 Å². The van der Waals surface area contributed by atoms with Crippen molar-refractivity contribution >= 4 is 0 Å². The molecule has 0 aliphatic carbocycles. The van der Waals surface area contributed by atoms with Gasteiger partial charge < -0.3 is 10.1 Å². The molecule has 0 saturated carbocycles. The van der Waals surface area contributed by atoms with Gasteiger partial charge in [-0.2, -0.15) is 0 Å². The zero-order valence-corrected chi connectivity index (χ0v) is 9.81. The Kier molecular flexibility index (Phi) is 4.85. The topological polar surface area (TPSA) is 24.5 Å². The Hall–Kier alpha value is -0.120. The van der Waals surface area contributed by atoms with E-state index in [0.29, 0.717) is 5.54 Å². The molecule has 1 fully saturated rings. The molecular weight excluding hydrogens is 176 g/mol. The highest BCUT2D eigenvalue weighted by molar-refractivity contribution is 4.90. The number of ether oxygens (including phenoxy) is 1. The number of nitrogens with zero attached hydrogens (tertiary/aromatic N) is 1. The molecule has 0 amide bonds. The lowest BCUT2D eigenvalue weighted by molar-refractivity contribution is 0.0346. The van der Waals surface area contributed by atoms with Crippen LogP contribution in [0.15, 0.2) is 0 Å². The Morgan fingerprint density at radius 1 is 1.43 bits per heavy atom. The third kappa shape index (κ3) is 2.94. The quantitative estimate of drug-likeness (QED) is 0.673. The minimum Gasteiger partial charge on any atom is -0.380 e. The minimum atomic E-state index is 0.329. The number of rotatable bonds is 5. The summed E-state index contributed by atoms with van der Waals surface area (Å²) in [5.41, 5.74) is 0.329. The van der Waals surface area contributed by atoms with E-state index in [1.165, 1.54) is 6.42 Å². The Balaban J connectivity index is 2.38. The summed E-state index contributed by atoms with van der Waals surface area (Å²) in [4.78, 5) is 2.55. The molecule has 84 valence electrons. The Bertz CT molecular complexity index is 163. The average Bonchev–Trinajstić information content (AvgIpc) is 2.21. The van der Waals surface area contributed by atoms with Crippen molar-refractivity contribution in [3.8, 4) is 0 Å². The third-order valence-electron chi connectivity index (χ3n) is 3.30. The van der Waals surface area contributed by atoms with Crippen LogP contribution in [0.25, 0.3) is 0 Å². The fourth-order valence-electron chi connectivity index (χ4n) is 2.00. The van der Waals surface area contributed by atoms with Crippen LogP contribution in [0.1, 0.15) is 27.2 Å². The monoisotopic (exact) mass is 200 g/mol. The maximum Gasteiger partial charge on any atom is 0.0593 e. The molecule has 1 atom stereocenters. The fourth-order valence-corrected chi connectivity index (χ4v) is 2.00. The second-order valence-electron chi connectivity index (χ2n) is 4.21. The molecule has 3 nitrogen and oxygen atoms in total. The summed E-state index contributed by atoms with van der Waals surface area (Å²) in [5, 5.41) is 3.46. The van der Waals surface area contributed by atoms with Crippen molar-refractivity contribution in [2.45, 2.75) is 32.7 Å². The Labute approximate surface area is 87.8 Å². The van der Waals surface area contributed by atoms with Gasteiger partial charge >= 0.3 is 0 Å². The number of hydrogen-bond donors (Lipinski definition) is 1. The molecule has 0 aromatic rings. The van der Waals surface area contributed by atoms with Crippen LogP contribution >= 0.6 is 0 Å². The van der Waals surface area contributed by atoms with E-state index >= 15 is 0 Å². The summed E-state index contributed by atoms with van der Waals surface area (Å²) in [6.45, 7) is 12.8. The normalized spacial score (nSPS) is 29.4. The van der Waals surface area contributed by atoms with Crippen LogP contribution < -0.4 is 5.32 Å². The van der Waals surface area contributed by atoms with Gasteiger partial charge in [-0.25, -0.2) is 0 Å². The van der Waals surface area contributed by atoms with Gasteiger partial charge in [0.15, 0.2) is 0 Å². The van der Waals surface area contributed by atoms with E-state index in [-0.39, 0.29) is 0 Å². The lowest BCUT2D eigenvalue weighted by Gasteiger charge is -2.44. The molecular formula is C11H24N2O. The first-order valence-corrected chi connectivity index (χ1v) is 5.76. The van der Waals surface area contributed by atoms with Gasteiger partial charge in [-0.05, 0) is 20.3 Å². The van der Waals surface area contributed by atoms with E-state index in [1.54, 1.807) is 0 Å². The molecule has 0 bridgehead atoms. The second-order valence-corrected chi connectivity index (χ2v) is 4.21. The Morgan fingerprint density at radius 3 is 2.86 bits per heavy atom. The van der Waals surface area contributed by atoms with Crippen LogP contribution in [-0.2, 0) is 4.74 Å². The van der Waals surface area contributed by atoms with Crippen LogP contribution in [-0.4, -0.2) is 49.8 Å². The van der Waals surface area contributed by atoms with Crippen LogP contribution in [0.5, 0.6) is 0 Å². The van der Waals surface area contributed by atoms with E-state index in [0.717, 1.165) is 39.4 Å². The van der Waals surface area contributed by atoms with Crippen LogP contribution in [0, 0.1) is 0 Å². The van der Waals surface area contributed by atoms with Gasteiger partial charge in [-0.1, -0.05) is 6.92 Å². The van der Waals surface area contributed by atoms with Gasteiger partial charge in [0.2, 0.25) is 0 Å². The number of piperazine rings is 1. The first-order chi connectivity index (χ1) is 6.73. The molecule has 0 aromatic heterocycles. The van der Waals surface area contributed by atoms with Crippen molar-refractivity contribution in [1.82, 2.24) is 10.2 Å². The Morgan fingerprint density at radius 2 is 2.21 bits per heavy atom. The smallest absolute Gasteiger partial charge is 0.0593 e. The van der Waals surface area contributed by atoms with Gasteiger partial charge in [0, 0.05) is 38.3 Å². The first-order valence-electron chi connectivity index (χ1n) is 5.76. The van der Waals surface area contributed by atoms with E-state index in [4.69, 9.17) is 4.74 Å². The molecule has 1 N–H and O–H groups in total. The van der Waals surface area contributed by atoms with Gasteiger partial charge in [-0.15, -0.1) is 0 Å². The SMILES string of the molecule is CCOCCN1CCNCC1(C)CC. The summed E-state index contributed by atoms with van der Waals surface area (Å²) >= 11 is 0. The van der Waals surface area contributed by atoms with Crippen LogP contribution in [0.3, 0.4) is 0 Å². The highest BCUT2D eigenvalue weighted by Gasteiger charge is 2.31. The highest BCUT2D eigenvalue weighted by Crippen LogP contribution is 2.20. The van der Waals surface area contributed by atoms with Gasteiger partial charge in [0.05, 0.1) is 6.61 Å². The largest absolute Gasteiger partial charge is 0.380 e. The zero-order valence-electron chi connectivity index (χ0n) is 9.81. The van der Waals surface area contributed by atoms with Crippen molar-refractivity contribution in [3.05, 3.63) is 0 Å². The molecule has 1 unspecified atom stereocenters. The maximum atomic E-state index is 5.41. The minimum absolute atomic E-state index is 0.329. The first kappa shape index (κ1) is 12.0. The summed E-state index contributed by atoms with van der Waals surface area (Å²) in [5.74, 6) is 0. The lowest BCUT2D eigenvalue weighted by atomic mass is 9.94. The summed E-state index contributed by atoms with van der Waals surface area (Å²) in [6, 6.07) is 0. The van der Waals surface area contributed by atoms with Crippen LogP contribution in [0.2, 0.25) is 0 Å². The molecule has 14 heavy (non-hydrogen) atoms. The van der Waals surface area contributed by atoms with Crippen molar-refractivity contribution in [2.75, 3.05) is 39.4 Å². The molecule has 0 aromatic carbocycles. The van der Waals surface area contributed by atoms with E-state index in [2.05, 4.69) is 31.0 Å². The fraction of sp³-hybridized carbons (Fsp3) is 1.00. The number of nitrogens with one attached hydrogen (secondary N) is 1. The molecule has 1 saturated heterocycles. The van der Waals surface area contributed by atoms with Crippen molar-refractivity contribution in [2.24, 2.45) is 0 Å². The van der Waals surface area contributed by atoms with Gasteiger partial charge in [0.25, 0.3) is 0 Å². The van der Waals surface area contributed by atoms with Gasteiger partial charge in [0.1, 0.15) is 0 Å². The summed E-state index contributed by atoms with van der Waals surface area (Å²) in [7, 11) is 0. The predicted octanol–water partition coefficient (Wildman–Crippen LogP) is 1.10. The average molecular weight is 200 g/mol. The van der Waals surface area contributed by atoms with Gasteiger partial charge in [-0.3, -0.25) is 4.90 Å². The molecule has 0 spiro atoms. The molecule has 3 heteroatoms. The van der Waals surface area contributed by atoms with Crippen LogP contribution in [0.4, 0.5) is 0 Å². The predicted molar refractivity (Wildman–Crippen MR) is 59.6 cm³/mol. The third-order valence-corrected chi connectivity index (χ3v) is 3.30. The molecule has 0 radical (unpaired) electrons.